The third-order valence-corrected chi connectivity index (χ3v) is 9.07. The molecular weight excluding hydrogens is 522 g/mol. The third-order valence-electron chi connectivity index (χ3n) is 5.73. The third kappa shape index (κ3) is 5.09. The maximum Gasteiger partial charge on any atom is 0.341 e. The Morgan fingerprint density at radius 1 is 1.17 bits per heavy atom. The van der Waals surface area contributed by atoms with Gasteiger partial charge in [0.1, 0.15) is 21.2 Å². The maximum absolute atomic E-state index is 13.0. The average Bonchev–Trinajstić information content (AvgIpc) is 3.45. The van der Waals surface area contributed by atoms with Crippen LogP contribution >= 0.6 is 46.0 Å². The van der Waals surface area contributed by atoms with Crippen LogP contribution in [0.2, 0.25) is 5.02 Å². The molecule has 0 saturated heterocycles. The normalized spacial score (nSPS) is 13.0. The zero-order chi connectivity index (χ0) is 24.4. The van der Waals surface area contributed by atoms with Crippen molar-refractivity contribution in [2.75, 3.05) is 17.7 Å². The molecule has 0 spiro atoms. The van der Waals surface area contributed by atoms with Crippen LogP contribution in [0, 0.1) is 0 Å². The number of hydrogen-bond acceptors (Lipinski definition) is 8. The first kappa shape index (κ1) is 24.2. The van der Waals surface area contributed by atoms with Gasteiger partial charge in [0, 0.05) is 20.8 Å². The Hall–Kier alpha value is -2.46. The van der Waals surface area contributed by atoms with Crippen LogP contribution in [0.1, 0.15) is 40.6 Å². The predicted molar refractivity (Wildman–Crippen MR) is 144 cm³/mol. The van der Waals surface area contributed by atoms with Crippen molar-refractivity contribution >= 4 is 73.1 Å². The number of amides is 1. The molecule has 1 N–H and O–H groups in total. The molecular formula is C25H22ClN3O3S3. The summed E-state index contributed by atoms with van der Waals surface area (Å²) in [5.41, 5.74) is 3.59. The van der Waals surface area contributed by atoms with Gasteiger partial charge in [-0.05, 0) is 55.9 Å². The van der Waals surface area contributed by atoms with E-state index in [0.717, 1.165) is 57.6 Å². The van der Waals surface area contributed by atoms with E-state index in [1.807, 2.05) is 24.3 Å². The first-order valence-corrected chi connectivity index (χ1v) is 14.3. The molecule has 0 radical (unpaired) electrons. The molecule has 180 valence electrons. The Labute approximate surface area is 220 Å². The minimum Gasteiger partial charge on any atom is -0.462 e. The van der Waals surface area contributed by atoms with E-state index in [0.29, 0.717) is 22.2 Å². The fourth-order valence-corrected chi connectivity index (χ4v) is 7.38. The topological polar surface area (TPSA) is 81.2 Å². The number of ether oxygens (including phenoxy) is 1. The highest BCUT2D eigenvalue weighted by atomic mass is 35.5. The van der Waals surface area contributed by atoms with Crippen LogP contribution in [0.15, 0.2) is 41.0 Å². The Morgan fingerprint density at radius 3 is 2.77 bits per heavy atom. The molecule has 1 aliphatic carbocycles. The lowest BCUT2D eigenvalue weighted by Crippen LogP contribution is -2.17. The second-order valence-electron chi connectivity index (χ2n) is 7.99. The van der Waals surface area contributed by atoms with Crippen molar-refractivity contribution < 1.29 is 14.3 Å². The van der Waals surface area contributed by atoms with Gasteiger partial charge in [-0.1, -0.05) is 35.5 Å². The smallest absolute Gasteiger partial charge is 0.341 e. The molecule has 1 aromatic carbocycles. The fourth-order valence-electron chi connectivity index (χ4n) is 4.17. The van der Waals surface area contributed by atoms with E-state index >= 15 is 0 Å². The van der Waals surface area contributed by atoms with Gasteiger partial charge in [-0.15, -0.1) is 22.7 Å². The molecule has 0 aliphatic heterocycles. The highest BCUT2D eigenvalue weighted by Gasteiger charge is 2.27. The standard InChI is InChI=1S/C25H22ClN3O3S3/c1-2-32-25(31)21-16-5-3-4-6-18(16)35-24(21)29-19(30)12-34-23-20-17(11-33-22(20)27-13-28-23)14-7-9-15(26)10-8-14/h7-11,13H,2-6,12H2,1H3,(H,29,30). The molecule has 3 heterocycles. The number of rotatable bonds is 7. The van der Waals surface area contributed by atoms with Gasteiger partial charge >= 0.3 is 5.97 Å². The Bertz CT molecular complexity index is 1400. The van der Waals surface area contributed by atoms with Crippen molar-refractivity contribution in [3.8, 4) is 11.1 Å². The lowest BCUT2D eigenvalue weighted by atomic mass is 9.95. The average molecular weight is 544 g/mol. The quantitative estimate of drug-likeness (QED) is 0.156. The number of carbonyl (C=O) groups is 2. The van der Waals surface area contributed by atoms with Crippen molar-refractivity contribution in [1.29, 1.82) is 0 Å². The SMILES string of the molecule is CCOC(=O)c1c(NC(=O)CSc2ncnc3scc(-c4ccc(Cl)cc4)c23)sc2c1CCCC2. The number of hydrogen-bond donors (Lipinski definition) is 1. The van der Waals surface area contributed by atoms with E-state index in [4.69, 9.17) is 16.3 Å². The Balaban J connectivity index is 1.37. The predicted octanol–water partition coefficient (Wildman–Crippen LogP) is 6.86. The van der Waals surface area contributed by atoms with E-state index < -0.39 is 0 Å². The van der Waals surface area contributed by atoms with Crippen LogP contribution in [0.25, 0.3) is 21.3 Å². The zero-order valence-electron chi connectivity index (χ0n) is 18.9. The summed E-state index contributed by atoms with van der Waals surface area (Å²) in [6.45, 7) is 2.09. The molecule has 0 unspecified atom stereocenters. The molecule has 35 heavy (non-hydrogen) atoms. The number of benzene rings is 1. The molecule has 5 rings (SSSR count). The summed E-state index contributed by atoms with van der Waals surface area (Å²) in [5, 5.41) is 7.96. The minimum absolute atomic E-state index is 0.160. The number of aryl methyl sites for hydroxylation is 1. The molecule has 0 atom stereocenters. The van der Waals surface area contributed by atoms with Gasteiger partial charge in [0.15, 0.2) is 0 Å². The minimum atomic E-state index is -0.363. The van der Waals surface area contributed by atoms with E-state index in [-0.39, 0.29) is 17.6 Å². The number of esters is 1. The molecule has 0 saturated carbocycles. The number of aromatic nitrogens is 2. The maximum atomic E-state index is 13.0. The number of fused-ring (bicyclic) bond motifs is 2. The van der Waals surface area contributed by atoms with E-state index in [9.17, 15) is 9.59 Å². The van der Waals surface area contributed by atoms with Crippen LogP contribution < -0.4 is 5.32 Å². The molecule has 6 nitrogen and oxygen atoms in total. The van der Waals surface area contributed by atoms with E-state index in [2.05, 4.69) is 20.7 Å². The van der Waals surface area contributed by atoms with Gasteiger partial charge in [0.25, 0.3) is 0 Å². The summed E-state index contributed by atoms with van der Waals surface area (Å²) in [6, 6.07) is 7.64. The van der Waals surface area contributed by atoms with E-state index in [1.165, 1.54) is 34.3 Å². The lowest BCUT2D eigenvalue weighted by molar-refractivity contribution is -0.113. The molecule has 10 heteroatoms. The Kier molecular flexibility index (Phi) is 7.38. The number of nitrogens with one attached hydrogen (secondary N) is 1. The summed E-state index contributed by atoms with van der Waals surface area (Å²) >= 11 is 10.5. The fraction of sp³-hybridized carbons (Fsp3) is 0.280. The number of halogens is 1. The summed E-state index contributed by atoms with van der Waals surface area (Å²) in [5.74, 6) is -0.389. The van der Waals surface area contributed by atoms with Crippen LogP contribution in [0.4, 0.5) is 5.00 Å². The number of thiophene rings is 2. The molecule has 1 amide bonds. The zero-order valence-corrected chi connectivity index (χ0v) is 22.1. The second-order valence-corrected chi connectivity index (χ2v) is 11.4. The Morgan fingerprint density at radius 2 is 1.97 bits per heavy atom. The van der Waals surface area contributed by atoms with Gasteiger partial charge in [-0.25, -0.2) is 14.8 Å². The van der Waals surface area contributed by atoms with Gasteiger partial charge < -0.3 is 10.1 Å². The second kappa shape index (κ2) is 10.7. The molecule has 3 aromatic heterocycles. The number of carbonyl (C=O) groups excluding carboxylic acids is 2. The van der Waals surface area contributed by atoms with Crippen molar-refractivity contribution in [2.45, 2.75) is 37.6 Å². The first-order chi connectivity index (χ1) is 17.0. The summed E-state index contributed by atoms with van der Waals surface area (Å²) in [4.78, 5) is 36.5. The number of nitrogens with zero attached hydrogens (tertiary/aromatic N) is 2. The number of thioether (sulfide) groups is 1. The van der Waals surface area contributed by atoms with E-state index in [1.54, 1.807) is 18.3 Å². The first-order valence-electron chi connectivity index (χ1n) is 11.3. The monoisotopic (exact) mass is 543 g/mol. The highest BCUT2D eigenvalue weighted by Crippen LogP contribution is 2.40. The van der Waals surface area contributed by atoms with Gasteiger partial charge in [-0.3, -0.25) is 4.79 Å². The highest BCUT2D eigenvalue weighted by molar-refractivity contribution is 8.00. The van der Waals surface area contributed by atoms with Crippen LogP contribution in [0.3, 0.4) is 0 Å². The van der Waals surface area contributed by atoms with Crippen molar-refractivity contribution in [2.24, 2.45) is 0 Å². The van der Waals surface area contributed by atoms with Crippen LogP contribution in [-0.2, 0) is 22.4 Å². The van der Waals surface area contributed by atoms with Crippen molar-refractivity contribution in [3.63, 3.8) is 0 Å². The van der Waals surface area contributed by atoms with Crippen LogP contribution in [-0.4, -0.2) is 34.2 Å². The van der Waals surface area contributed by atoms with Crippen molar-refractivity contribution in [3.05, 3.63) is 57.0 Å². The number of anilines is 1. The summed E-state index contributed by atoms with van der Waals surface area (Å²) in [6.07, 6.45) is 5.44. The van der Waals surface area contributed by atoms with Gasteiger partial charge in [-0.2, -0.15) is 0 Å². The largest absolute Gasteiger partial charge is 0.462 e. The van der Waals surface area contributed by atoms with Gasteiger partial charge in [0.05, 0.1) is 23.3 Å². The molecule has 4 aromatic rings. The summed E-state index contributed by atoms with van der Waals surface area (Å²) < 4.78 is 5.29. The molecule has 1 aliphatic rings. The summed E-state index contributed by atoms with van der Waals surface area (Å²) in [7, 11) is 0. The molecule has 0 fully saturated rings. The van der Waals surface area contributed by atoms with Crippen LogP contribution in [0.5, 0.6) is 0 Å². The lowest BCUT2D eigenvalue weighted by Gasteiger charge is -2.12. The van der Waals surface area contributed by atoms with Gasteiger partial charge in [0.2, 0.25) is 5.91 Å². The van der Waals surface area contributed by atoms with Crippen molar-refractivity contribution in [1.82, 2.24) is 9.97 Å². The molecule has 0 bridgehead atoms.